The predicted octanol–water partition coefficient (Wildman–Crippen LogP) is 1.13. The van der Waals surface area contributed by atoms with E-state index in [0.29, 0.717) is 13.0 Å². The van der Waals surface area contributed by atoms with Gasteiger partial charge in [-0.15, -0.1) is 0 Å². The highest BCUT2D eigenvalue weighted by Crippen LogP contribution is 2.03. The molecule has 2 N–H and O–H groups in total. The van der Waals surface area contributed by atoms with Crippen LogP contribution in [-0.2, 0) is 16.0 Å². The van der Waals surface area contributed by atoms with Gasteiger partial charge in [-0.1, -0.05) is 29.8 Å². The molecule has 0 aliphatic carbocycles. The van der Waals surface area contributed by atoms with Crippen molar-refractivity contribution in [1.82, 2.24) is 5.32 Å². The second kappa shape index (κ2) is 5.90. The Kier molecular flexibility index (Phi) is 4.51. The first-order valence-electron chi connectivity index (χ1n) is 5.12. The number of carbonyl (C=O) groups excluding carboxylic acids is 1. The zero-order chi connectivity index (χ0) is 12.0. The minimum Gasteiger partial charge on any atom is -0.481 e. The van der Waals surface area contributed by atoms with Crippen molar-refractivity contribution in [3.63, 3.8) is 0 Å². The number of carboxylic acid groups (broad SMARTS) is 1. The lowest BCUT2D eigenvalue weighted by Crippen LogP contribution is -2.27. The zero-order valence-electron chi connectivity index (χ0n) is 9.19. The fraction of sp³-hybridized carbons (Fsp3) is 0.333. The van der Waals surface area contributed by atoms with Gasteiger partial charge in [0.2, 0.25) is 5.91 Å². The van der Waals surface area contributed by atoms with Crippen molar-refractivity contribution in [2.75, 3.05) is 6.54 Å². The van der Waals surface area contributed by atoms with Crippen LogP contribution >= 0.6 is 0 Å². The Hall–Kier alpha value is -1.84. The number of nitrogens with one attached hydrogen (secondary N) is 1. The molecule has 0 saturated heterocycles. The molecule has 1 aromatic carbocycles. The van der Waals surface area contributed by atoms with Gasteiger partial charge in [0.1, 0.15) is 6.42 Å². The van der Waals surface area contributed by atoms with Gasteiger partial charge in [0, 0.05) is 6.54 Å². The minimum atomic E-state index is -1.10. The van der Waals surface area contributed by atoms with Crippen LogP contribution in [0.2, 0.25) is 0 Å². The molecular formula is C12H15NO3. The molecule has 4 heteroatoms. The Morgan fingerprint density at radius 1 is 1.38 bits per heavy atom. The standard InChI is InChI=1S/C12H15NO3/c1-9-3-2-4-10(7-9)5-6-13-11(14)8-12(15)16/h2-4,7H,5-6,8H2,1H3,(H,13,14)(H,15,16). The fourth-order valence-corrected chi connectivity index (χ4v) is 1.41. The lowest BCUT2D eigenvalue weighted by atomic mass is 10.1. The highest BCUT2D eigenvalue weighted by atomic mass is 16.4. The lowest BCUT2D eigenvalue weighted by Gasteiger charge is -2.04. The summed E-state index contributed by atoms with van der Waals surface area (Å²) in [5, 5.41) is 10.9. The summed E-state index contributed by atoms with van der Waals surface area (Å²) in [6.07, 6.45) is 0.251. The van der Waals surface area contributed by atoms with Crippen LogP contribution < -0.4 is 5.32 Å². The molecule has 0 aromatic heterocycles. The van der Waals surface area contributed by atoms with Gasteiger partial charge < -0.3 is 10.4 Å². The number of hydrogen-bond acceptors (Lipinski definition) is 2. The van der Waals surface area contributed by atoms with Crippen LogP contribution in [0.4, 0.5) is 0 Å². The smallest absolute Gasteiger partial charge is 0.312 e. The van der Waals surface area contributed by atoms with Crippen LogP contribution in [0.5, 0.6) is 0 Å². The molecule has 0 spiro atoms. The maximum atomic E-state index is 11.0. The summed E-state index contributed by atoms with van der Waals surface area (Å²) < 4.78 is 0. The largest absolute Gasteiger partial charge is 0.481 e. The first-order valence-corrected chi connectivity index (χ1v) is 5.12. The number of carboxylic acids is 1. The molecule has 0 atom stereocenters. The summed E-state index contributed by atoms with van der Waals surface area (Å²) in [6, 6.07) is 8.00. The molecule has 0 fully saturated rings. The number of aliphatic carboxylic acids is 1. The average molecular weight is 221 g/mol. The highest BCUT2D eigenvalue weighted by Gasteiger charge is 2.05. The van der Waals surface area contributed by atoms with Crippen LogP contribution in [0.15, 0.2) is 24.3 Å². The average Bonchev–Trinajstić information content (AvgIpc) is 2.16. The van der Waals surface area contributed by atoms with Crippen LogP contribution in [0, 0.1) is 6.92 Å². The van der Waals surface area contributed by atoms with E-state index in [1.54, 1.807) is 0 Å². The Morgan fingerprint density at radius 2 is 2.12 bits per heavy atom. The van der Waals surface area contributed by atoms with Gasteiger partial charge in [0.25, 0.3) is 0 Å². The third-order valence-corrected chi connectivity index (χ3v) is 2.13. The molecule has 1 aromatic rings. The molecular weight excluding hydrogens is 206 g/mol. The first-order chi connectivity index (χ1) is 7.58. The molecule has 0 radical (unpaired) electrons. The molecule has 0 heterocycles. The second-order valence-electron chi connectivity index (χ2n) is 3.66. The van der Waals surface area contributed by atoms with E-state index in [0.717, 1.165) is 5.56 Å². The van der Waals surface area contributed by atoms with Crippen molar-refractivity contribution in [1.29, 1.82) is 0 Å². The van der Waals surface area contributed by atoms with Crippen molar-refractivity contribution >= 4 is 11.9 Å². The third kappa shape index (κ3) is 4.59. The molecule has 16 heavy (non-hydrogen) atoms. The summed E-state index contributed by atoms with van der Waals surface area (Å²) in [6.45, 7) is 2.47. The Labute approximate surface area is 94.3 Å². The van der Waals surface area contributed by atoms with Crippen LogP contribution in [0.3, 0.4) is 0 Å². The normalized spacial score (nSPS) is 9.81. The molecule has 0 bridgehead atoms. The molecule has 0 aliphatic heterocycles. The first kappa shape index (κ1) is 12.2. The van der Waals surface area contributed by atoms with Gasteiger partial charge in [-0.05, 0) is 18.9 Å². The molecule has 0 aliphatic rings. The van der Waals surface area contributed by atoms with Crippen molar-refractivity contribution in [2.45, 2.75) is 19.8 Å². The topological polar surface area (TPSA) is 66.4 Å². The SMILES string of the molecule is Cc1cccc(CCNC(=O)CC(=O)O)c1. The second-order valence-corrected chi connectivity index (χ2v) is 3.66. The van der Waals surface area contributed by atoms with E-state index in [1.807, 2.05) is 31.2 Å². The van der Waals surface area contributed by atoms with Crippen LogP contribution in [0.1, 0.15) is 17.5 Å². The van der Waals surface area contributed by atoms with E-state index in [9.17, 15) is 9.59 Å². The number of benzene rings is 1. The van der Waals surface area contributed by atoms with Crippen molar-refractivity contribution in [3.05, 3.63) is 35.4 Å². The number of aryl methyl sites for hydroxylation is 1. The minimum absolute atomic E-state index is 0.444. The highest BCUT2D eigenvalue weighted by molar-refractivity contribution is 5.93. The Morgan fingerprint density at radius 3 is 2.75 bits per heavy atom. The zero-order valence-corrected chi connectivity index (χ0v) is 9.19. The van der Waals surface area contributed by atoms with Gasteiger partial charge in [-0.2, -0.15) is 0 Å². The molecule has 4 nitrogen and oxygen atoms in total. The van der Waals surface area contributed by atoms with Gasteiger partial charge in [0.15, 0.2) is 0 Å². The van der Waals surface area contributed by atoms with E-state index < -0.39 is 18.3 Å². The lowest BCUT2D eigenvalue weighted by molar-refractivity contribution is -0.140. The number of hydrogen-bond donors (Lipinski definition) is 2. The summed E-state index contributed by atoms with van der Waals surface area (Å²) >= 11 is 0. The van der Waals surface area contributed by atoms with E-state index in [-0.39, 0.29) is 0 Å². The molecule has 1 amide bonds. The van der Waals surface area contributed by atoms with E-state index in [4.69, 9.17) is 5.11 Å². The maximum Gasteiger partial charge on any atom is 0.312 e. The summed E-state index contributed by atoms with van der Waals surface area (Å²) in [5.41, 5.74) is 2.31. The predicted molar refractivity (Wildman–Crippen MR) is 60.1 cm³/mol. The quantitative estimate of drug-likeness (QED) is 0.732. The summed E-state index contributed by atoms with van der Waals surface area (Å²) in [4.78, 5) is 21.2. The number of rotatable bonds is 5. The maximum absolute atomic E-state index is 11.0. The molecule has 1 rings (SSSR count). The number of amides is 1. The van der Waals surface area contributed by atoms with Gasteiger partial charge in [-0.25, -0.2) is 0 Å². The third-order valence-electron chi connectivity index (χ3n) is 2.13. The Bertz CT molecular complexity index is 388. The Balaban J connectivity index is 2.30. The van der Waals surface area contributed by atoms with Crippen molar-refractivity contribution < 1.29 is 14.7 Å². The molecule has 86 valence electrons. The number of carbonyl (C=O) groups is 2. The summed E-state index contributed by atoms with van der Waals surface area (Å²) in [5.74, 6) is -1.55. The van der Waals surface area contributed by atoms with Crippen LogP contribution in [-0.4, -0.2) is 23.5 Å². The van der Waals surface area contributed by atoms with Gasteiger partial charge >= 0.3 is 5.97 Å². The van der Waals surface area contributed by atoms with Gasteiger partial charge in [0.05, 0.1) is 0 Å². The monoisotopic (exact) mass is 221 g/mol. The van der Waals surface area contributed by atoms with Crippen molar-refractivity contribution in [2.24, 2.45) is 0 Å². The molecule has 0 saturated carbocycles. The van der Waals surface area contributed by atoms with Crippen molar-refractivity contribution in [3.8, 4) is 0 Å². The summed E-state index contributed by atoms with van der Waals surface area (Å²) in [7, 11) is 0. The molecule has 0 unspecified atom stereocenters. The van der Waals surface area contributed by atoms with E-state index in [2.05, 4.69) is 5.32 Å². The van der Waals surface area contributed by atoms with E-state index in [1.165, 1.54) is 5.56 Å². The fourth-order valence-electron chi connectivity index (χ4n) is 1.41. The van der Waals surface area contributed by atoms with Gasteiger partial charge in [-0.3, -0.25) is 9.59 Å². The van der Waals surface area contributed by atoms with E-state index >= 15 is 0 Å². The van der Waals surface area contributed by atoms with Crippen LogP contribution in [0.25, 0.3) is 0 Å².